The fraction of sp³-hybridized carbons (Fsp3) is 0.300. The van der Waals surface area contributed by atoms with Crippen molar-refractivity contribution in [2.45, 2.75) is 0 Å². The summed E-state index contributed by atoms with van der Waals surface area (Å²) in [6.45, 7) is -1.95. The van der Waals surface area contributed by atoms with Crippen LogP contribution in [0, 0.1) is 5.92 Å². The SMILES string of the molecule is O=C(Nc1ccccc1)C(CF)CF. The van der Waals surface area contributed by atoms with Gasteiger partial charge in [0.2, 0.25) is 5.91 Å². The zero-order valence-electron chi connectivity index (χ0n) is 7.54. The highest BCUT2D eigenvalue weighted by molar-refractivity contribution is 5.92. The van der Waals surface area contributed by atoms with Crippen LogP contribution in [0.5, 0.6) is 0 Å². The van der Waals surface area contributed by atoms with Crippen LogP contribution in [-0.2, 0) is 4.79 Å². The summed E-state index contributed by atoms with van der Waals surface area (Å²) >= 11 is 0. The van der Waals surface area contributed by atoms with E-state index in [1.54, 1.807) is 30.3 Å². The summed E-state index contributed by atoms with van der Waals surface area (Å²) in [6.07, 6.45) is 0. The summed E-state index contributed by atoms with van der Waals surface area (Å²) in [5.41, 5.74) is 0.546. The van der Waals surface area contributed by atoms with Gasteiger partial charge in [-0.15, -0.1) is 0 Å². The van der Waals surface area contributed by atoms with E-state index in [1.807, 2.05) is 0 Å². The quantitative estimate of drug-likeness (QED) is 0.791. The maximum atomic E-state index is 12.1. The van der Waals surface area contributed by atoms with Crippen molar-refractivity contribution in [3.63, 3.8) is 0 Å². The molecule has 0 saturated heterocycles. The molecule has 0 spiro atoms. The Morgan fingerprint density at radius 2 is 1.79 bits per heavy atom. The van der Waals surface area contributed by atoms with Crippen LogP contribution >= 0.6 is 0 Å². The van der Waals surface area contributed by atoms with Gasteiger partial charge in [0.15, 0.2) is 0 Å². The van der Waals surface area contributed by atoms with Crippen molar-refractivity contribution in [2.24, 2.45) is 5.92 Å². The van der Waals surface area contributed by atoms with Crippen LogP contribution in [0.25, 0.3) is 0 Å². The van der Waals surface area contributed by atoms with Crippen molar-refractivity contribution in [3.05, 3.63) is 30.3 Å². The fourth-order valence-electron chi connectivity index (χ4n) is 0.947. The average molecular weight is 199 g/mol. The van der Waals surface area contributed by atoms with Crippen LogP contribution in [0.1, 0.15) is 0 Å². The molecule has 0 atom stereocenters. The van der Waals surface area contributed by atoms with Crippen LogP contribution in [0.4, 0.5) is 14.5 Å². The lowest BCUT2D eigenvalue weighted by Gasteiger charge is -2.09. The number of rotatable bonds is 4. The summed E-state index contributed by atoms with van der Waals surface area (Å²) in [4.78, 5) is 11.2. The number of carbonyl (C=O) groups is 1. The third-order valence-electron chi connectivity index (χ3n) is 1.78. The third kappa shape index (κ3) is 2.80. The number of halogens is 2. The normalized spacial score (nSPS) is 10.2. The molecule has 1 N–H and O–H groups in total. The zero-order chi connectivity index (χ0) is 10.4. The van der Waals surface area contributed by atoms with Gasteiger partial charge in [0.1, 0.15) is 13.3 Å². The third-order valence-corrected chi connectivity index (χ3v) is 1.78. The standard InChI is InChI=1S/C10H11F2NO/c11-6-8(7-12)10(14)13-9-4-2-1-3-5-9/h1-5,8H,6-7H2,(H,13,14). The largest absolute Gasteiger partial charge is 0.326 e. The zero-order valence-corrected chi connectivity index (χ0v) is 7.54. The fourth-order valence-corrected chi connectivity index (χ4v) is 0.947. The molecule has 0 radical (unpaired) electrons. The minimum atomic E-state index is -1.20. The van der Waals surface area contributed by atoms with Gasteiger partial charge in [-0.25, -0.2) is 0 Å². The summed E-state index contributed by atoms with van der Waals surface area (Å²) in [5.74, 6) is -1.82. The molecular weight excluding hydrogens is 188 g/mol. The minimum Gasteiger partial charge on any atom is -0.326 e. The lowest BCUT2D eigenvalue weighted by atomic mass is 10.2. The first-order chi connectivity index (χ1) is 6.77. The summed E-state index contributed by atoms with van der Waals surface area (Å²) in [6, 6.07) is 8.57. The number of alkyl halides is 2. The molecule has 14 heavy (non-hydrogen) atoms. The monoisotopic (exact) mass is 199 g/mol. The first kappa shape index (κ1) is 10.6. The molecule has 1 amide bonds. The van der Waals surface area contributed by atoms with Gasteiger partial charge < -0.3 is 5.32 Å². The van der Waals surface area contributed by atoms with Crippen LogP contribution < -0.4 is 5.32 Å². The molecule has 1 aromatic rings. The lowest BCUT2D eigenvalue weighted by molar-refractivity contribution is -0.120. The topological polar surface area (TPSA) is 29.1 Å². The molecular formula is C10H11F2NO. The molecule has 1 rings (SSSR count). The predicted molar refractivity (Wildman–Crippen MR) is 50.5 cm³/mol. The number of para-hydroxylation sites is 1. The molecule has 0 aliphatic heterocycles. The molecule has 0 aliphatic carbocycles. The van der Waals surface area contributed by atoms with Crippen molar-refractivity contribution in [1.82, 2.24) is 0 Å². The van der Waals surface area contributed by atoms with E-state index in [0.717, 1.165) is 0 Å². The molecule has 0 unspecified atom stereocenters. The Labute approximate surface area is 80.9 Å². The molecule has 76 valence electrons. The highest BCUT2D eigenvalue weighted by Gasteiger charge is 2.17. The predicted octanol–water partition coefficient (Wildman–Crippen LogP) is 2.18. The minimum absolute atomic E-state index is 0.546. The Balaban J connectivity index is 2.57. The number of anilines is 1. The van der Waals surface area contributed by atoms with E-state index in [9.17, 15) is 13.6 Å². The van der Waals surface area contributed by atoms with E-state index >= 15 is 0 Å². The van der Waals surface area contributed by atoms with Crippen molar-refractivity contribution < 1.29 is 13.6 Å². The number of hydrogen-bond acceptors (Lipinski definition) is 1. The average Bonchev–Trinajstić information content (AvgIpc) is 2.21. The van der Waals surface area contributed by atoms with Crippen LogP contribution in [0.2, 0.25) is 0 Å². The van der Waals surface area contributed by atoms with Crippen molar-refractivity contribution in [2.75, 3.05) is 18.7 Å². The number of carbonyl (C=O) groups excluding carboxylic acids is 1. The van der Waals surface area contributed by atoms with Crippen molar-refractivity contribution >= 4 is 11.6 Å². The second kappa shape index (κ2) is 5.32. The van der Waals surface area contributed by atoms with Gasteiger partial charge in [-0.3, -0.25) is 13.6 Å². The van der Waals surface area contributed by atoms with Gasteiger partial charge in [-0.2, -0.15) is 0 Å². The van der Waals surface area contributed by atoms with E-state index in [-0.39, 0.29) is 0 Å². The maximum Gasteiger partial charge on any atom is 0.232 e. The number of hydrogen-bond donors (Lipinski definition) is 1. The van der Waals surface area contributed by atoms with Crippen LogP contribution in [0.15, 0.2) is 30.3 Å². The molecule has 0 heterocycles. The molecule has 0 aliphatic rings. The highest BCUT2D eigenvalue weighted by Crippen LogP contribution is 2.08. The van der Waals surface area contributed by atoms with Crippen molar-refractivity contribution in [3.8, 4) is 0 Å². The van der Waals surface area contributed by atoms with Gasteiger partial charge >= 0.3 is 0 Å². The van der Waals surface area contributed by atoms with Gasteiger partial charge in [-0.05, 0) is 12.1 Å². The molecule has 4 heteroatoms. The molecule has 0 saturated carbocycles. The lowest BCUT2D eigenvalue weighted by Crippen LogP contribution is -2.25. The van der Waals surface area contributed by atoms with Gasteiger partial charge in [0, 0.05) is 5.69 Å². The molecule has 0 bridgehead atoms. The summed E-state index contributed by atoms with van der Waals surface area (Å²) < 4.78 is 24.2. The summed E-state index contributed by atoms with van der Waals surface area (Å²) in [7, 11) is 0. The van der Waals surface area contributed by atoms with E-state index < -0.39 is 25.2 Å². The maximum absolute atomic E-state index is 12.1. The number of amides is 1. The van der Waals surface area contributed by atoms with Crippen LogP contribution in [-0.4, -0.2) is 19.3 Å². The number of nitrogens with one attached hydrogen (secondary N) is 1. The van der Waals surface area contributed by atoms with Gasteiger partial charge in [0.05, 0.1) is 5.92 Å². The molecule has 0 fully saturated rings. The van der Waals surface area contributed by atoms with E-state index in [1.165, 1.54) is 0 Å². The molecule has 1 aromatic carbocycles. The van der Waals surface area contributed by atoms with Crippen LogP contribution in [0.3, 0.4) is 0 Å². The second-order valence-electron chi connectivity index (χ2n) is 2.86. The van der Waals surface area contributed by atoms with Gasteiger partial charge in [0.25, 0.3) is 0 Å². The molecule has 2 nitrogen and oxygen atoms in total. The Morgan fingerprint density at radius 3 is 2.29 bits per heavy atom. The highest BCUT2D eigenvalue weighted by atomic mass is 19.1. The first-order valence-electron chi connectivity index (χ1n) is 4.25. The Bertz CT molecular complexity index is 285. The second-order valence-corrected chi connectivity index (χ2v) is 2.86. The smallest absolute Gasteiger partial charge is 0.232 e. The summed E-state index contributed by atoms with van der Waals surface area (Å²) in [5, 5.41) is 2.42. The Hall–Kier alpha value is -1.45. The van der Waals surface area contributed by atoms with Crippen molar-refractivity contribution in [1.29, 1.82) is 0 Å². The van der Waals surface area contributed by atoms with E-state index in [0.29, 0.717) is 5.69 Å². The Kier molecular flexibility index (Phi) is 4.04. The molecule has 0 aromatic heterocycles. The van der Waals surface area contributed by atoms with E-state index in [2.05, 4.69) is 5.32 Å². The van der Waals surface area contributed by atoms with E-state index in [4.69, 9.17) is 0 Å². The first-order valence-corrected chi connectivity index (χ1v) is 4.25. The number of benzene rings is 1. The van der Waals surface area contributed by atoms with Gasteiger partial charge in [-0.1, -0.05) is 18.2 Å². The Morgan fingerprint density at radius 1 is 1.21 bits per heavy atom.